The molecule has 0 aliphatic carbocycles. The van der Waals surface area contributed by atoms with Gasteiger partial charge in [0.15, 0.2) is 0 Å². The van der Waals surface area contributed by atoms with Crippen LogP contribution in [0, 0.1) is 6.92 Å². The van der Waals surface area contributed by atoms with Crippen LogP contribution in [0.3, 0.4) is 0 Å². The summed E-state index contributed by atoms with van der Waals surface area (Å²) >= 11 is 3.49. The first-order valence-electron chi connectivity index (χ1n) is 5.48. The molecule has 0 bridgehead atoms. The summed E-state index contributed by atoms with van der Waals surface area (Å²) in [6, 6.07) is 3.52. The highest BCUT2D eigenvalue weighted by atomic mass is 79.9. The molecule has 5 nitrogen and oxygen atoms in total. The molecular formula is C12H14BrN3O2. The van der Waals surface area contributed by atoms with Gasteiger partial charge in [0.05, 0.1) is 34.4 Å². The van der Waals surface area contributed by atoms with Crippen molar-refractivity contribution in [2.45, 2.75) is 20.1 Å². The van der Waals surface area contributed by atoms with E-state index in [2.05, 4.69) is 26.0 Å². The molecule has 0 radical (unpaired) electrons. The van der Waals surface area contributed by atoms with Crippen molar-refractivity contribution in [3.63, 3.8) is 0 Å². The molecule has 0 unspecified atom stereocenters. The van der Waals surface area contributed by atoms with Crippen molar-refractivity contribution in [1.29, 1.82) is 0 Å². The van der Waals surface area contributed by atoms with E-state index < -0.39 is 0 Å². The Morgan fingerprint density at radius 2 is 2.22 bits per heavy atom. The van der Waals surface area contributed by atoms with Gasteiger partial charge in [-0.25, -0.2) is 0 Å². The zero-order valence-electron chi connectivity index (χ0n) is 10.2. The molecule has 0 aliphatic heterocycles. The average molecular weight is 312 g/mol. The van der Waals surface area contributed by atoms with E-state index >= 15 is 0 Å². The lowest BCUT2D eigenvalue weighted by molar-refractivity contribution is 0.274. The Balaban J connectivity index is 2.06. The molecule has 0 fully saturated rings. The number of ether oxygens (including phenoxy) is 1. The highest BCUT2D eigenvalue weighted by Gasteiger charge is 2.11. The Labute approximate surface area is 114 Å². The fraction of sp³-hybridized carbons (Fsp3) is 0.333. The largest absolute Gasteiger partial charge is 0.486 e. The van der Waals surface area contributed by atoms with Gasteiger partial charge in [0, 0.05) is 7.05 Å². The van der Waals surface area contributed by atoms with Crippen molar-refractivity contribution in [3.8, 4) is 5.75 Å². The van der Waals surface area contributed by atoms with E-state index in [1.165, 1.54) is 0 Å². The van der Waals surface area contributed by atoms with Gasteiger partial charge in [-0.05, 0) is 35.0 Å². The van der Waals surface area contributed by atoms with Gasteiger partial charge in [0.2, 0.25) is 0 Å². The van der Waals surface area contributed by atoms with Crippen LogP contribution in [0.2, 0.25) is 0 Å². The van der Waals surface area contributed by atoms with Crippen LogP contribution in [0.5, 0.6) is 5.75 Å². The summed E-state index contributed by atoms with van der Waals surface area (Å²) in [5.74, 6) is 0.665. The molecule has 1 N–H and O–H groups in total. The predicted octanol–water partition coefficient (Wildman–Crippen LogP) is 1.96. The number of aryl methyl sites for hydroxylation is 2. The van der Waals surface area contributed by atoms with Gasteiger partial charge < -0.3 is 9.84 Å². The third-order valence-electron chi connectivity index (χ3n) is 2.60. The molecule has 96 valence electrons. The molecule has 2 aromatic rings. The number of aliphatic hydroxyl groups excluding tert-OH is 1. The second-order valence-corrected chi connectivity index (χ2v) is 4.69. The third-order valence-corrected chi connectivity index (χ3v) is 3.63. The van der Waals surface area contributed by atoms with E-state index in [0.717, 1.165) is 15.9 Å². The summed E-state index contributed by atoms with van der Waals surface area (Å²) in [5.41, 5.74) is 2.53. The lowest BCUT2D eigenvalue weighted by atomic mass is 10.3. The fourth-order valence-corrected chi connectivity index (χ4v) is 2.03. The number of halogens is 1. The molecule has 0 spiro atoms. The second-order valence-electron chi connectivity index (χ2n) is 3.90. The fourth-order valence-electron chi connectivity index (χ4n) is 1.58. The number of nitrogens with zero attached hydrogens (tertiary/aromatic N) is 3. The highest BCUT2D eigenvalue weighted by molar-refractivity contribution is 9.10. The first-order chi connectivity index (χ1) is 8.61. The molecule has 0 saturated carbocycles. The van der Waals surface area contributed by atoms with Crippen LogP contribution in [0.15, 0.2) is 22.8 Å². The predicted molar refractivity (Wildman–Crippen MR) is 70.1 cm³/mol. The summed E-state index contributed by atoms with van der Waals surface area (Å²) in [7, 11) is 1.88. The van der Waals surface area contributed by atoms with Crippen molar-refractivity contribution >= 4 is 15.9 Å². The summed E-state index contributed by atoms with van der Waals surface area (Å²) < 4.78 is 8.38. The van der Waals surface area contributed by atoms with Gasteiger partial charge in [0.25, 0.3) is 0 Å². The van der Waals surface area contributed by atoms with Crippen LogP contribution in [-0.2, 0) is 20.3 Å². The number of pyridine rings is 1. The zero-order valence-corrected chi connectivity index (χ0v) is 11.8. The standard InChI is InChI=1S/C12H14BrN3O2/c1-8-12(13)11(16(2)15-8)7-18-10-4-3-9(6-17)14-5-10/h3-5,17H,6-7H2,1-2H3. The molecular weight excluding hydrogens is 298 g/mol. The van der Waals surface area contributed by atoms with Gasteiger partial charge in [-0.3, -0.25) is 9.67 Å². The Morgan fingerprint density at radius 3 is 2.72 bits per heavy atom. The van der Waals surface area contributed by atoms with Crippen LogP contribution < -0.4 is 4.74 Å². The molecule has 2 aromatic heterocycles. The smallest absolute Gasteiger partial charge is 0.138 e. The van der Waals surface area contributed by atoms with E-state index in [-0.39, 0.29) is 6.61 Å². The van der Waals surface area contributed by atoms with E-state index in [1.807, 2.05) is 14.0 Å². The Hall–Kier alpha value is -1.40. The van der Waals surface area contributed by atoms with Gasteiger partial charge in [-0.15, -0.1) is 0 Å². The summed E-state index contributed by atoms with van der Waals surface area (Å²) in [6.45, 7) is 2.29. The van der Waals surface area contributed by atoms with Crippen molar-refractivity contribution in [2.75, 3.05) is 0 Å². The van der Waals surface area contributed by atoms with Gasteiger partial charge in [0.1, 0.15) is 12.4 Å². The first kappa shape index (κ1) is 13.0. The lowest BCUT2D eigenvalue weighted by Gasteiger charge is -2.07. The van der Waals surface area contributed by atoms with Crippen molar-refractivity contribution in [3.05, 3.63) is 39.9 Å². The van der Waals surface area contributed by atoms with E-state index in [4.69, 9.17) is 9.84 Å². The van der Waals surface area contributed by atoms with Crippen molar-refractivity contribution in [2.24, 2.45) is 7.05 Å². The summed E-state index contributed by atoms with van der Waals surface area (Å²) in [6.07, 6.45) is 1.60. The number of aliphatic hydroxyl groups is 1. The maximum atomic E-state index is 8.89. The monoisotopic (exact) mass is 311 g/mol. The maximum Gasteiger partial charge on any atom is 0.138 e. The molecule has 6 heteroatoms. The molecule has 2 rings (SSSR count). The second kappa shape index (κ2) is 5.49. The van der Waals surface area contributed by atoms with Crippen LogP contribution >= 0.6 is 15.9 Å². The molecule has 0 aromatic carbocycles. The number of hydrogen-bond acceptors (Lipinski definition) is 4. The molecule has 0 saturated heterocycles. The highest BCUT2D eigenvalue weighted by Crippen LogP contribution is 2.21. The Kier molecular flexibility index (Phi) is 3.98. The van der Waals surface area contributed by atoms with E-state index in [9.17, 15) is 0 Å². The van der Waals surface area contributed by atoms with Gasteiger partial charge >= 0.3 is 0 Å². The molecule has 0 atom stereocenters. The van der Waals surface area contributed by atoms with Crippen molar-refractivity contribution < 1.29 is 9.84 Å². The minimum Gasteiger partial charge on any atom is -0.486 e. The van der Waals surface area contributed by atoms with Crippen LogP contribution in [0.1, 0.15) is 17.1 Å². The lowest BCUT2D eigenvalue weighted by Crippen LogP contribution is -2.04. The SMILES string of the molecule is Cc1nn(C)c(COc2ccc(CO)nc2)c1Br. The molecule has 0 aliphatic rings. The minimum atomic E-state index is -0.0627. The van der Waals surface area contributed by atoms with Crippen LogP contribution in [0.25, 0.3) is 0 Å². The molecule has 2 heterocycles. The number of rotatable bonds is 4. The van der Waals surface area contributed by atoms with Crippen LogP contribution in [-0.4, -0.2) is 19.9 Å². The summed E-state index contributed by atoms with van der Waals surface area (Å²) in [5, 5.41) is 13.2. The van der Waals surface area contributed by atoms with Gasteiger partial charge in [-0.1, -0.05) is 0 Å². The minimum absolute atomic E-state index is 0.0627. The average Bonchev–Trinajstić information content (AvgIpc) is 2.62. The molecule has 18 heavy (non-hydrogen) atoms. The van der Waals surface area contributed by atoms with E-state index in [1.54, 1.807) is 23.0 Å². The zero-order chi connectivity index (χ0) is 13.1. The Morgan fingerprint density at radius 1 is 1.44 bits per heavy atom. The Bertz CT molecular complexity index is 537. The third kappa shape index (κ3) is 2.70. The van der Waals surface area contributed by atoms with Crippen LogP contribution in [0.4, 0.5) is 0 Å². The normalized spacial score (nSPS) is 10.7. The summed E-state index contributed by atoms with van der Waals surface area (Å²) in [4.78, 5) is 4.05. The molecule has 0 amide bonds. The number of hydrogen-bond donors (Lipinski definition) is 1. The topological polar surface area (TPSA) is 60.2 Å². The number of aromatic nitrogens is 3. The first-order valence-corrected chi connectivity index (χ1v) is 6.27. The van der Waals surface area contributed by atoms with Crippen molar-refractivity contribution in [1.82, 2.24) is 14.8 Å². The van der Waals surface area contributed by atoms with E-state index in [0.29, 0.717) is 18.1 Å². The van der Waals surface area contributed by atoms with Gasteiger partial charge in [-0.2, -0.15) is 5.10 Å². The maximum absolute atomic E-state index is 8.89. The quantitative estimate of drug-likeness (QED) is 0.937.